The first kappa shape index (κ1) is 16.1. The van der Waals surface area contributed by atoms with Crippen LogP contribution in [0.5, 0.6) is 0 Å². The monoisotopic (exact) mass is 335 g/mol. The first-order valence-electron chi connectivity index (χ1n) is 7.46. The summed E-state index contributed by atoms with van der Waals surface area (Å²) in [7, 11) is 0. The summed E-state index contributed by atoms with van der Waals surface area (Å²) in [5.74, 6) is -1.56. The smallest absolute Gasteiger partial charge is 0.325 e. The number of hydrogen-bond acceptors (Lipinski definition) is 4. The lowest BCUT2D eigenvalue weighted by atomic mass is 9.91. The topological polar surface area (TPSA) is 60.8 Å². The zero-order valence-corrected chi connectivity index (χ0v) is 13.2. The lowest BCUT2D eigenvalue weighted by Crippen LogP contribution is -2.33. The third kappa shape index (κ3) is 3.15. The molecule has 4 nitrogen and oxygen atoms in total. The van der Waals surface area contributed by atoms with Crippen molar-refractivity contribution in [3.8, 4) is 0 Å². The minimum absolute atomic E-state index is 0.0133. The predicted octanol–water partition coefficient (Wildman–Crippen LogP) is 2.72. The number of aliphatic hydroxyl groups excluding tert-OH is 1. The zero-order valence-electron chi connectivity index (χ0n) is 12.4. The van der Waals surface area contributed by atoms with E-state index < -0.39 is 17.8 Å². The standard InChI is InChI=1S/C17H18FNO3S/c18-15-4-2-1-3-13(15)16(17(21)22)19-7-12(9-20)14(8-19)11-5-6-23-10-11/h1-6,10,12,14,16,20H,7-9H2,(H,21,22)/t12-,14-,16?/m0/s1. The number of benzene rings is 1. The maximum Gasteiger partial charge on any atom is 0.325 e. The molecule has 6 heteroatoms. The molecule has 0 amide bonds. The Morgan fingerprint density at radius 2 is 2.13 bits per heavy atom. The van der Waals surface area contributed by atoms with Gasteiger partial charge in [0.15, 0.2) is 0 Å². The third-order valence-electron chi connectivity index (χ3n) is 4.47. The Balaban J connectivity index is 1.90. The van der Waals surface area contributed by atoms with E-state index in [4.69, 9.17) is 0 Å². The van der Waals surface area contributed by atoms with Crippen LogP contribution in [-0.2, 0) is 4.79 Å². The van der Waals surface area contributed by atoms with Crippen molar-refractivity contribution >= 4 is 17.3 Å². The summed E-state index contributed by atoms with van der Waals surface area (Å²) in [6.07, 6.45) is 0. The highest BCUT2D eigenvalue weighted by atomic mass is 32.1. The third-order valence-corrected chi connectivity index (χ3v) is 5.18. The summed E-state index contributed by atoms with van der Waals surface area (Å²) >= 11 is 1.58. The van der Waals surface area contributed by atoms with E-state index in [2.05, 4.69) is 0 Å². The molecule has 1 saturated heterocycles. The van der Waals surface area contributed by atoms with Gasteiger partial charge in [0.1, 0.15) is 11.9 Å². The van der Waals surface area contributed by atoms with Gasteiger partial charge >= 0.3 is 5.97 Å². The molecule has 0 saturated carbocycles. The van der Waals surface area contributed by atoms with Crippen LogP contribution >= 0.6 is 11.3 Å². The average molecular weight is 335 g/mol. The van der Waals surface area contributed by atoms with Gasteiger partial charge in [-0.15, -0.1) is 0 Å². The maximum absolute atomic E-state index is 14.1. The molecule has 2 heterocycles. The molecule has 1 fully saturated rings. The van der Waals surface area contributed by atoms with Crippen molar-refractivity contribution in [1.29, 1.82) is 0 Å². The second-order valence-corrected chi connectivity index (χ2v) is 6.60. The summed E-state index contributed by atoms with van der Waals surface area (Å²) in [6, 6.07) is 6.95. The Hall–Kier alpha value is -1.76. The van der Waals surface area contributed by atoms with Gasteiger partial charge in [0, 0.05) is 37.1 Å². The number of aliphatic carboxylic acids is 1. The molecule has 1 unspecified atom stereocenters. The summed E-state index contributed by atoms with van der Waals surface area (Å²) < 4.78 is 14.1. The Morgan fingerprint density at radius 3 is 2.74 bits per heavy atom. The number of thiophene rings is 1. The Morgan fingerprint density at radius 1 is 1.35 bits per heavy atom. The van der Waals surface area contributed by atoms with E-state index in [9.17, 15) is 19.4 Å². The highest BCUT2D eigenvalue weighted by molar-refractivity contribution is 7.08. The summed E-state index contributed by atoms with van der Waals surface area (Å²) in [5, 5.41) is 23.3. The molecule has 3 rings (SSSR count). The number of carboxylic acids is 1. The van der Waals surface area contributed by atoms with Crippen LogP contribution in [0.4, 0.5) is 4.39 Å². The van der Waals surface area contributed by atoms with Crippen LogP contribution in [0, 0.1) is 11.7 Å². The molecule has 0 spiro atoms. The van der Waals surface area contributed by atoms with E-state index >= 15 is 0 Å². The highest BCUT2D eigenvalue weighted by Gasteiger charge is 2.40. The maximum atomic E-state index is 14.1. The molecule has 3 atom stereocenters. The van der Waals surface area contributed by atoms with Gasteiger partial charge in [-0.2, -0.15) is 11.3 Å². The molecule has 1 aliphatic rings. The van der Waals surface area contributed by atoms with Gasteiger partial charge in [0.25, 0.3) is 0 Å². The van der Waals surface area contributed by atoms with E-state index in [0.29, 0.717) is 13.1 Å². The van der Waals surface area contributed by atoms with Crippen molar-refractivity contribution in [2.75, 3.05) is 19.7 Å². The van der Waals surface area contributed by atoms with Crippen molar-refractivity contribution in [2.45, 2.75) is 12.0 Å². The summed E-state index contributed by atoms with van der Waals surface area (Å²) in [4.78, 5) is 13.5. The molecule has 1 aromatic heterocycles. The van der Waals surface area contributed by atoms with Gasteiger partial charge < -0.3 is 10.2 Å². The van der Waals surface area contributed by atoms with Gasteiger partial charge in [-0.05, 0) is 28.5 Å². The number of rotatable bonds is 5. The van der Waals surface area contributed by atoms with E-state index in [-0.39, 0.29) is 24.0 Å². The Bertz CT molecular complexity index is 676. The fourth-order valence-electron chi connectivity index (χ4n) is 3.35. The fraction of sp³-hybridized carbons (Fsp3) is 0.353. The summed E-state index contributed by atoms with van der Waals surface area (Å²) in [6.45, 7) is 0.913. The van der Waals surface area contributed by atoms with Gasteiger partial charge in [0.05, 0.1) is 0 Å². The van der Waals surface area contributed by atoms with Crippen LogP contribution < -0.4 is 0 Å². The van der Waals surface area contributed by atoms with Crippen molar-refractivity contribution in [3.05, 3.63) is 58.0 Å². The second kappa shape index (κ2) is 6.78. The van der Waals surface area contributed by atoms with Crippen molar-refractivity contribution in [3.63, 3.8) is 0 Å². The molecule has 0 bridgehead atoms. The largest absolute Gasteiger partial charge is 0.480 e. The number of hydrogen-bond donors (Lipinski definition) is 2. The van der Waals surface area contributed by atoms with E-state index in [0.717, 1.165) is 5.56 Å². The molecule has 1 aliphatic heterocycles. The minimum atomic E-state index is -1.07. The number of halogens is 1. The quantitative estimate of drug-likeness (QED) is 0.882. The number of carbonyl (C=O) groups is 1. The van der Waals surface area contributed by atoms with Crippen molar-refractivity contribution < 1.29 is 19.4 Å². The number of aliphatic hydroxyl groups is 1. The molecule has 2 aromatic rings. The van der Waals surface area contributed by atoms with E-state index in [1.54, 1.807) is 28.4 Å². The van der Waals surface area contributed by atoms with Gasteiger partial charge in [0.2, 0.25) is 0 Å². The zero-order chi connectivity index (χ0) is 16.4. The van der Waals surface area contributed by atoms with Crippen LogP contribution in [0.25, 0.3) is 0 Å². The molecular weight excluding hydrogens is 317 g/mol. The first-order valence-corrected chi connectivity index (χ1v) is 8.40. The molecule has 122 valence electrons. The minimum Gasteiger partial charge on any atom is -0.480 e. The lowest BCUT2D eigenvalue weighted by Gasteiger charge is -2.25. The van der Waals surface area contributed by atoms with Gasteiger partial charge in [-0.25, -0.2) is 4.39 Å². The van der Waals surface area contributed by atoms with E-state index in [1.165, 1.54) is 12.1 Å². The summed E-state index contributed by atoms with van der Waals surface area (Å²) in [5.41, 5.74) is 1.27. The first-order chi connectivity index (χ1) is 11.1. The van der Waals surface area contributed by atoms with Crippen LogP contribution in [0.2, 0.25) is 0 Å². The van der Waals surface area contributed by atoms with Gasteiger partial charge in [-0.1, -0.05) is 18.2 Å². The van der Waals surface area contributed by atoms with Gasteiger partial charge in [-0.3, -0.25) is 9.69 Å². The Labute approximate surface area is 137 Å². The van der Waals surface area contributed by atoms with Crippen LogP contribution in [-0.4, -0.2) is 40.8 Å². The van der Waals surface area contributed by atoms with Crippen molar-refractivity contribution in [1.82, 2.24) is 4.90 Å². The molecule has 23 heavy (non-hydrogen) atoms. The molecule has 1 aromatic carbocycles. The normalized spacial score (nSPS) is 23.0. The molecular formula is C17H18FNO3S. The number of carboxylic acid groups (broad SMARTS) is 1. The predicted molar refractivity (Wildman–Crippen MR) is 86.0 cm³/mol. The second-order valence-electron chi connectivity index (χ2n) is 5.82. The highest BCUT2D eigenvalue weighted by Crippen LogP contribution is 2.38. The Kier molecular flexibility index (Phi) is 4.75. The van der Waals surface area contributed by atoms with Crippen LogP contribution in [0.3, 0.4) is 0 Å². The molecule has 0 aliphatic carbocycles. The lowest BCUT2D eigenvalue weighted by molar-refractivity contribution is -0.143. The van der Waals surface area contributed by atoms with E-state index in [1.807, 2.05) is 16.8 Å². The molecule has 2 N–H and O–H groups in total. The number of likely N-dealkylation sites (tertiary alicyclic amines) is 1. The van der Waals surface area contributed by atoms with Crippen LogP contribution in [0.1, 0.15) is 23.1 Å². The SMILES string of the molecule is O=C(O)C(c1ccccc1F)N1C[C@@H](CO)[C@H](c2ccsc2)C1. The molecule has 0 radical (unpaired) electrons. The number of nitrogens with zero attached hydrogens (tertiary/aromatic N) is 1. The van der Waals surface area contributed by atoms with Crippen molar-refractivity contribution in [2.24, 2.45) is 5.92 Å². The fourth-order valence-corrected chi connectivity index (χ4v) is 4.07. The van der Waals surface area contributed by atoms with Crippen LogP contribution in [0.15, 0.2) is 41.1 Å². The average Bonchev–Trinajstić information content (AvgIpc) is 3.18.